The highest BCUT2D eigenvalue weighted by atomic mass is 15.0. The van der Waals surface area contributed by atoms with E-state index in [1.807, 2.05) is 0 Å². The van der Waals surface area contributed by atoms with Crippen LogP contribution in [0.25, 0.3) is 44.1 Å². The number of aryl methyl sites for hydroxylation is 1. The average molecular weight is 359 g/mol. The minimum atomic E-state index is 0.975. The van der Waals surface area contributed by atoms with E-state index < -0.39 is 0 Å². The van der Waals surface area contributed by atoms with Crippen molar-refractivity contribution in [3.05, 3.63) is 96.1 Å². The van der Waals surface area contributed by atoms with Gasteiger partial charge in [0.1, 0.15) is 0 Å². The van der Waals surface area contributed by atoms with Gasteiger partial charge >= 0.3 is 0 Å². The second kappa shape index (κ2) is 5.84. The number of nitrogens with zero attached hydrogens (tertiary/aromatic N) is 1. The SMILES string of the molecule is CCn1c2ccccc2c2ccc(-c3cccc4c3-c3ccccc3C4)cc21. The molecular weight excluding hydrogens is 338 g/mol. The molecule has 0 saturated heterocycles. The van der Waals surface area contributed by atoms with Crippen molar-refractivity contribution in [2.75, 3.05) is 0 Å². The van der Waals surface area contributed by atoms with Gasteiger partial charge in [-0.2, -0.15) is 0 Å². The Labute approximate surface area is 164 Å². The Morgan fingerprint density at radius 2 is 1.43 bits per heavy atom. The zero-order valence-corrected chi connectivity index (χ0v) is 15.9. The summed E-state index contributed by atoms with van der Waals surface area (Å²) in [6.45, 7) is 3.21. The van der Waals surface area contributed by atoms with E-state index in [2.05, 4.69) is 96.4 Å². The normalized spacial score (nSPS) is 12.5. The first-order chi connectivity index (χ1) is 13.8. The molecule has 1 nitrogen and oxygen atoms in total. The highest BCUT2D eigenvalue weighted by molar-refractivity contribution is 6.09. The summed E-state index contributed by atoms with van der Waals surface area (Å²) in [6, 6.07) is 31.3. The maximum absolute atomic E-state index is 2.44. The molecule has 1 aromatic heterocycles. The van der Waals surface area contributed by atoms with Gasteiger partial charge in [-0.3, -0.25) is 0 Å². The summed E-state index contributed by atoms with van der Waals surface area (Å²) in [6.07, 6.45) is 1.04. The Bertz CT molecular complexity index is 1370. The van der Waals surface area contributed by atoms with Gasteiger partial charge in [0.25, 0.3) is 0 Å². The fourth-order valence-corrected chi connectivity index (χ4v) is 4.99. The smallest absolute Gasteiger partial charge is 0.0497 e. The molecule has 0 radical (unpaired) electrons. The highest BCUT2D eigenvalue weighted by Gasteiger charge is 2.21. The lowest BCUT2D eigenvalue weighted by Gasteiger charge is -2.11. The molecule has 28 heavy (non-hydrogen) atoms. The topological polar surface area (TPSA) is 4.93 Å². The molecule has 1 heterocycles. The van der Waals surface area contributed by atoms with Gasteiger partial charge in [-0.1, -0.05) is 72.8 Å². The van der Waals surface area contributed by atoms with E-state index in [-0.39, 0.29) is 0 Å². The molecule has 0 saturated carbocycles. The Hall–Kier alpha value is -3.32. The van der Waals surface area contributed by atoms with Crippen LogP contribution >= 0.6 is 0 Å². The van der Waals surface area contributed by atoms with Crippen LogP contribution in [0.1, 0.15) is 18.1 Å². The number of para-hydroxylation sites is 1. The van der Waals surface area contributed by atoms with Gasteiger partial charge in [-0.25, -0.2) is 0 Å². The number of hydrogen-bond donors (Lipinski definition) is 0. The monoisotopic (exact) mass is 359 g/mol. The van der Waals surface area contributed by atoms with E-state index in [9.17, 15) is 0 Å². The third-order valence-electron chi connectivity index (χ3n) is 6.22. The largest absolute Gasteiger partial charge is 0.341 e. The maximum atomic E-state index is 2.44. The number of benzene rings is 4. The fraction of sp³-hybridized carbons (Fsp3) is 0.111. The summed E-state index contributed by atoms with van der Waals surface area (Å²) in [5.41, 5.74) is 11.0. The van der Waals surface area contributed by atoms with Crippen molar-refractivity contribution >= 4 is 21.8 Å². The Morgan fingerprint density at radius 3 is 2.36 bits per heavy atom. The molecular formula is C27H21N. The predicted molar refractivity (Wildman–Crippen MR) is 119 cm³/mol. The zero-order chi connectivity index (χ0) is 18.7. The van der Waals surface area contributed by atoms with Crippen molar-refractivity contribution in [3.8, 4) is 22.3 Å². The van der Waals surface area contributed by atoms with Crippen LogP contribution in [0.15, 0.2) is 84.9 Å². The van der Waals surface area contributed by atoms with Crippen LogP contribution in [0.3, 0.4) is 0 Å². The van der Waals surface area contributed by atoms with Gasteiger partial charge in [-0.15, -0.1) is 0 Å². The molecule has 1 aliphatic carbocycles. The van der Waals surface area contributed by atoms with Crippen LogP contribution in [0.2, 0.25) is 0 Å². The van der Waals surface area contributed by atoms with Crippen LogP contribution < -0.4 is 0 Å². The number of aromatic nitrogens is 1. The van der Waals surface area contributed by atoms with Gasteiger partial charge in [0, 0.05) is 28.4 Å². The Balaban J connectivity index is 1.64. The van der Waals surface area contributed by atoms with Gasteiger partial charge in [0.05, 0.1) is 0 Å². The number of fused-ring (bicyclic) bond motifs is 6. The standard InChI is InChI=1S/C27H21N/c1-2-28-25-13-6-5-11-23(25)24-15-14-19(17-26(24)28)22-12-7-9-20-16-18-8-3-4-10-21(18)27(20)22/h3-15,17H,2,16H2,1H3. The predicted octanol–water partition coefficient (Wildman–Crippen LogP) is 7.05. The minimum absolute atomic E-state index is 0.975. The van der Waals surface area contributed by atoms with Crippen molar-refractivity contribution in [1.82, 2.24) is 4.57 Å². The van der Waals surface area contributed by atoms with Crippen LogP contribution in [0.4, 0.5) is 0 Å². The molecule has 0 fully saturated rings. The van der Waals surface area contributed by atoms with Gasteiger partial charge < -0.3 is 4.57 Å². The highest BCUT2D eigenvalue weighted by Crippen LogP contribution is 2.43. The molecule has 5 aromatic rings. The Morgan fingerprint density at radius 1 is 0.679 bits per heavy atom. The van der Waals surface area contributed by atoms with Crippen LogP contribution in [0, 0.1) is 0 Å². The minimum Gasteiger partial charge on any atom is -0.341 e. The molecule has 0 aliphatic heterocycles. The second-order valence-corrected chi connectivity index (χ2v) is 7.67. The first-order valence-electron chi connectivity index (χ1n) is 10.1. The molecule has 0 unspecified atom stereocenters. The fourth-order valence-electron chi connectivity index (χ4n) is 4.99. The van der Waals surface area contributed by atoms with E-state index in [0.717, 1.165) is 13.0 Å². The van der Waals surface area contributed by atoms with Gasteiger partial charge in [0.15, 0.2) is 0 Å². The summed E-state index contributed by atoms with van der Waals surface area (Å²) in [4.78, 5) is 0. The average Bonchev–Trinajstić information content (AvgIpc) is 3.28. The first-order valence-corrected chi connectivity index (χ1v) is 10.1. The van der Waals surface area contributed by atoms with Crippen molar-refractivity contribution in [3.63, 3.8) is 0 Å². The van der Waals surface area contributed by atoms with Gasteiger partial charge in [0.2, 0.25) is 0 Å². The van der Waals surface area contributed by atoms with Crippen LogP contribution in [0.5, 0.6) is 0 Å². The summed E-state index contributed by atoms with van der Waals surface area (Å²) < 4.78 is 2.44. The number of hydrogen-bond acceptors (Lipinski definition) is 0. The van der Waals surface area contributed by atoms with Gasteiger partial charge in [-0.05, 0) is 58.9 Å². The molecule has 0 amide bonds. The van der Waals surface area contributed by atoms with E-state index >= 15 is 0 Å². The molecule has 0 atom stereocenters. The van der Waals surface area contributed by atoms with Crippen LogP contribution in [-0.4, -0.2) is 4.57 Å². The lowest BCUT2D eigenvalue weighted by atomic mass is 9.93. The summed E-state index contributed by atoms with van der Waals surface area (Å²) in [5.74, 6) is 0. The second-order valence-electron chi connectivity index (χ2n) is 7.67. The van der Waals surface area contributed by atoms with Crippen molar-refractivity contribution in [2.24, 2.45) is 0 Å². The molecule has 1 heteroatoms. The van der Waals surface area contributed by atoms with Crippen molar-refractivity contribution in [2.45, 2.75) is 19.9 Å². The molecule has 0 bridgehead atoms. The number of rotatable bonds is 2. The molecule has 0 N–H and O–H groups in total. The van der Waals surface area contributed by atoms with E-state index in [4.69, 9.17) is 0 Å². The van der Waals surface area contributed by atoms with E-state index in [1.165, 1.54) is 55.2 Å². The molecule has 134 valence electrons. The first kappa shape index (κ1) is 15.7. The lowest BCUT2D eigenvalue weighted by molar-refractivity contribution is 0.827. The summed E-state index contributed by atoms with van der Waals surface area (Å²) >= 11 is 0. The molecule has 6 rings (SSSR count). The molecule has 4 aromatic carbocycles. The lowest BCUT2D eigenvalue weighted by Crippen LogP contribution is -1.93. The van der Waals surface area contributed by atoms with Crippen LogP contribution in [-0.2, 0) is 13.0 Å². The Kier molecular flexibility index (Phi) is 3.28. The summed E-state index contributed by atoms with van der Waals surface area (Å²) in [7, 11) is 0. The quantitative estimate of drug-likeness (QED) is 0.312. The zero-order valence-electron chi connectivity index (χ0n) is 15.9. The van der Waals surface area contributed by atoms with E-state index in [1.54, 1.807) is 0 Å². The molecule has 1 aliphatic rings. The maximum Gasteiger partial charge on any atom is 0.0497 e. The third-order valence-corrected chi connectivity index (χ3v) is 6.22. The van der Waals surface area contributed by atoms with E-state index in [0.29, 0.717) is 0 Å². The van der Waals surface area contributed by atoms with Crippen molar-refractivity contribution in [1.29, 1.82) is 0 Å². The molecule has 0 spiro atoms. The third kappa shape index (κ3) is 2.07. The van der Waals surface area contributed by atoms with Crippen molar-refractivity contribution < 1.29 is 0 Å². The summed E-state index contributed by atoms with van der Waals surface area (Å²) in [5, 5.41) is 2.68.